The highest BCUT2D eigenvalue weighted by atomic mass is 35.5. The number of hydrogen-bond donors (Lipinski definition) is 1. The molecule has 0 bridgehead atoms. The minimum Gasteiger partial charge on any atom is -0.370 e. The number of hydrogen-bond acceptors (Lipinski definition) is 4. The van der Waals surface area contributed by atoms with Gasteiger partial charge in [-0.15, -0.1) is 0 Å². The van der Waals surface area contributed by atoms with Crippen LogP contribution in [0.1, 0.15) is 33.1 Å². The summed E-state index contributed by atoms with van der Waals surface area (Å²) in [5, 5.41) is 8.72. The van der Waals surface area contributed by atoms with Crippen molar-refractivity contribution in [3.05, 3.63) is 41.6 Å². The van der Waals surface area contributed by atoms with Gasteiger partial charge in [-0.05, 0) is 55.7 Å². The van der Waals surface area contributed by atoms with E-state index in [1.165, 1.54) is 32.4 Å². The van der Waals surface area contributed by atoms with E-state index in [0.717, 1.165) is 36.1 Å². The lowest BCUT2D eigenvalue weighted by molar-refractivity contribution is 0.172. The second kappa shape index (κ2) is 9.40. The van der Waals surface area contributed by atoms with E-state index in [1.54, 1.807) is 10.7 Å². The van der Waals surface area contributed by atoms with Crippen molar-refractivity contribution in [2.24, 2.45) is 11.8 Å². The molecule has 3 heterocycles. The molecule has 1 saturated heterocycles. The Hall–Kier alpha value is -2.05. The minimum atomic E-state index is 0.560. The van der Waals surface area contributed by atoms with Crippen LogP contribution in [0.3, 0.4) is 0 Å². The van der Waals surface area contributed by atoms with E-state index < -0.39 is 0 Å². The summed E-state index contributed by atoms with van der Waals surface area (Å²) >= 11 is 6.42. The second-order valence-electron chi connectivity index (χ2n) is 8.71. The first-order valence-electron chi connectivity index (χ1n) is 10.9. The number of piperidine rings is 1. The van der Waals surface area contributed by atoms with E-state index >= 15 is 0 Å². The Morgan fingerprint density at radius 1 is 1.30 bits per heavy atom. The predicted molar refractivity (Wildman–Crippen MR) is 126 cm³/mol. The van der Waals surface area contributed by atoms with Crippen LogP contribution in [-0.2, 0) is 0 Å². The molecule has 0 aliphatic carbocycles. The van der Waals surface area contributed by atoms with Crippen LogP contribution < -0.4 is 10.8 Å². The third-order valence-electron chi connectivity index (χ3n) is 5.85. The average molecular weight is 422 g/mol. The smallest absolute Gasteiger partial charge is 0.150 e. The summed E-state index contributed by atoms with van der Waals surface area (Å²) in [4.78, 5) is 7.33. The van der Waals surface area contributed by atoms with Gasteiger partial charge in [0.1, 0.15) is 13.7 Å². The van der Waals surface area contributed by atoms with Crippen molar-refractivity contribution in [1.29, 1.82) is 0 Å². The number of likely N-dealkylation sites (tertiary alicyclic amines) is 1. The van der Waals surface area contributed by atoms with Gasteiger partial charge in [0.2, 0.25) is 0 Å². The zero-order chi connectivity index (χ0) is 21.1. The van der Waals surface area contributed by atoms with Crippen molar-refractivity contribution in [3.8, 4) is 11.3 Å². The molecule has 5 nitrogen and oxygen atoms in total. The summed E-state index contributed by atoms with van der Waals surface area (Å²) in [5.74, 6) is 2.26. The third kappa shape index (κ3) is 4.81. The number of halogens is 1. The van der Waals surface area contributed by atoms with Crippen LogP contribution in [0.5, 0.6) is 0 Å². The molecule has 7 heteroatoms. The average Bonchev–Trinajstić information content (AvgIpc) is 3.12. The summed E-state index contributed by atoms with van der Waals surface area (Å²) in [5.41, 5.74) is 2.90. The zero-order valence-electron chi connectivity index (χ0n) is 17.8. The third-order valence-corrected chi connectivity index (χ3v) is 6.18. The molecule has 1 unspecified atom stereocenters. The minimum absolute atomic E-state index is 0.560. The van der Waals surface area contributed by atoms with Crippen LogP contribution in [0.4, 0.5) is 5.82 Å². The Labute approximate surface area is 185 Å². The first-order valence-corrected chi connectivity index (χ1v) is 11.2. The quantitative estimate of drug-likeness (QED) is 0.585. The lowest BCUT2D eigenvalue weighted by Crippen LogP contribution is -2.39. The maximum atomic E-state index is 6.42. The van der Waals surface area contributed by atoms with Crippen LogP contribution in [0.15, 0.2) is 36.5 Å². The molecule has 0 amide bonds. The first-order chi connectivity index (χ1) is 14.5. The Bertz CT molecular complexity index is 1000. The van der Waals surface area contributed by atoms with Crippen molar-refractivity contribution in [2.75, 3.05) is 31.5 Å². The van der Waals surface area contributed by atoms with Crippen molar-refractivity contribution >= 4 is 36.4 Å². The molecule has 0 saturated carbocycles. The van der Waals surface area contributed by atoms with Gasteiger partial charge in [0.15, 0.2) is 5.65 Å². The number of nitrogens with one attached hydrogen (secondary N) is 1. The van der Waals surface area contributed by atoms with Gasteiger partial charge in [0.05, 0.1) is 5.69 Å². The molecular weight excluding hydrogens is 393 g/mol. The number of fused-ring (bicyclic) bond motifs is 1. The summed E-state index contributed by atoms with van der Waals surface area (Å²) in [7, 11) is 6.13. The molecule has 2 radical (unpaired) electrons. The summed E-state index contributed by atoms with van der Waals surface area (Å²) < 4.78 is 1.79. The number of rotatable bonds is 7. The van der Waals surface area contributed by atoms with Crippen molar-refractivity contribution < 1.29 is 0 Å². The topological polar surface area (TPSA) is 45.5 Å². The summed E-state index contributed by atoms with van der Waals surface area (Å²) in [6, 6.07) is 9.76. The molecule has 4 rings (SSSR count). The van der Waals surface area contributed by atoms with Gasteiger partial charge in [-0.1, -0.05) is 43.6 Å². The molecular formula is C23H29BClN5. The largest absolute Gasteiger partial charge is 0.370 e. The van der Waals surface area contributed by atoms with E-state index in [0.29, 0.717) is 22.1 Å². The number of benzene rings is 1. The molecule has 1 aromatic carbocycles. The zero-order valence-corrected chi connectivity index (χ0v) is 18.6. The molecule has 1 aliphatic rings. The van der Waals surface area contributed by atoms with Crippen molar-refractivity contribution in [2.45, 2.75) is 33.1 Å². The van der Waals surface area contributed by atoms with Gasteiger partial charge in [-0.2, -0.15) is 9.61 Å². The SMILES string of the molecule is [B]c1cnn2c(NCC3CCCN(CCC(C)C)C3)cc(-c3ccccc3Cl)nc12. The Morgan fingerprint density at radius 3 is 2.93 bits per heavy atom. The lowest BCUT2D eigenvalue weighted by atomic mass is 9.97. The van der Waals surface area contributed by atoms with Gasteiger partial charge < -0.3 is 10.2 Å². The number of aromatic nitrogens is 3. The number of anilines is 1. The fraction of sp³-hybridized carbons (Fsp3) is 0.478. The van der Waals surface area contributed by atoms with Crippen LogP contribution in [0.2, 0.25) is 5.02 Å². The van der Waals surface area contributed by atoms with E-state index in [9.17, 15) is 0 Å². The highest BCUT2D eigenvalue weighted by Crippen LogP contribution is 2.28. The van der Waals surface area contributed by atoms with Gasteiger partial charge in [0.25, 0.3) is 0 Å². The normalized spacial score (nSPS) is 17.7. The molecule has 1 aliphatic heterocycles. The molecule has 3 aromatic rings. The van der Waals surface area contributed by atoms with Crippen LogP contribution in [0, 0.1) is 11.8 Å². The molecule has 30 heavy (non-hydrogen) atoms. The maximum absolute atomic E-state index is 6.42. The van der Waals surface area contributed by atoms with Crippen LogP contribution >= 0.6 is 11.6 Å². The van der Waals surface area contributed by atoms with Gasteiger partial charge in [-0.25, -0.2) is 4.98 Å². The fourth-order valence-corrected chi connectivity index (χ4v) is 4.36. The highest BCUT2D eigenvalue weighted by Gasteiger charge is 2.20. The Kier molecular flexibility index (Phi) is 6.64. The van der Waals surface area contributed by atoms with Gasteiger partial charge in [-0.3, -0.25) is 0 Å². The molecule has 2 aromatic heterocycles. The van der Waals surface area contributed by atoms with E-state index in [-0.39, 0.29) is 0 Å². The molecule has 156 valence electrons. The molecule has 1 atom stereocenters. The fourth-order valence-electron chi connectivity index (χ4n) is 4.12. The van der Waals surface area contributed by atoms with Crippen molar-refractivity contribution in [3.63, 3.8) is 0 Å². The maximum Gasteiger partial charge on any atom is 0.150 e. The summed E-state index contributed by atoms with van der Waals surface area (Å²) in [6.07, 6.45) is 5.42. The van der Waals surface area contributed by atoms with Crippen molar-refractivity contribution in [1.82, 2.24) is 19.5 Å². The Morgan fingerprint density at radius 2 is 2.13 bits per heavy atom. The predicted octanol–water partition coefficient (Wildman–Crippen LogP) is 4.01. The molecule has 1 N–H and O–H groups in total. The van der Waals surface area contributed by atoms with Crippen LogP contribution in [0.25, 0.3) is 16.9 Å². The van der Waals surface area contributed by atoms with Gasteiger partial charge in [0, 0.05) is 35.9 Å². The van der Waals surface area contributed by atoms with E-state index in [4.69, 9.17) is 24.4 Å². The molecule has 1 fully saturated rings. The summed E-state index contributed by atoms with van der Waals surface area (Å²) in [6.45, 7) is 9.05. The standard InChI is InChI=1S/C23H29BClN5/c1-16(2)9-11-29-10-5-6-17(15-29)13-26-22-12-21(18-7-3-4-8-20(18)25)28-23-19(24)14-27-30(22)23/h3-4,7-8,12,14,16-17,26H,5-6,9-11,13,15H2,1-2H3. The molecule has 0 spiro atoms. The highest BCUT2D eigenvalue weighted by molar-refractivity contribution is 6.36. The lowest BCUT2D eigenvalue weighted by Gasteiger charge is -2.33. The number of nitrogens with zero attached hydrogens (tertiary/aromatic N) is 4. The first kappa shape index (κ1) is 21.2. The Balaban J connectivity index is 1.53. The van der Waals surface area contributed by atoms with Crippen LogP contribution in [-0.4, -0.2) is 53.5 Å². The second-order valence-corrected chi connectivity index (χ2v) is 9.12. The van der Waals surface area contributed by atoms with E-state index in [1.807, 2.05) is 30.3 Å². The van der Waals surface area contributed by atoms with Gasteiger partial charge >= 0.3 is 0 Å². The van der Waals surface area contributed by atoms with E-state index in [2.05, 4.69) is 29.2 Å². The monoisotopic (exact) mass is 421 g/mol.